The molecule has 1 N–H and O–H groups in total. The first-order valence-corrected chi connectivity index (χ1v) is 7.98. The van der Waals surface area contributed by atoms with Crippen LogP contribution in [-0.4, -0.2) is 46.9 Å². The Labute approximate surface area is 149 Å². The standard InChI is InChI=1S/C19H17FN2O4/c1-26-11-10-22-16(13-4-2-3-5-14(13)20)15(18(24)19(22)25)17(23)12-6-8-21-9-7-12/h2-9,16,23H,10-11H2,1H3/b17-15+. The molecule has 6 nitrogen and oxygen atoms in total. The molecule has 1 aliphatic rings. The third kappa shape index (κ3) is 3.09. The van der Waals surface area contributed by atoms with Gasteiger partial charge in [0, 0.05) is 37.2 Å². The minimum Gasteiger partial charge on any atom is -0.507 e. The molecule has 0 saturated carbocycles. The second kappa shape index (κ2) is 7.45. The summed E-state index contributed by atoms with van der Waals surface area (Å²) in [6, 6.07) is 7.86. The number of ether oxygens (including phenoxy) is 1. The average Bonchev–Trinajstić information content (AvgIpc) is 2.91. The number of carbonyl (C=O) groups is 2. The van der Waals surface area contributed by atoms with Crippen molar-refractivity contribution in [1.29, 1.82) is 0 Å². The number of carbonyl (C=O) groups excluding carboxylic acids is 2. The minimum absolute atomic E-state index is 0.0905. The fourth-order valence-electron chi connectivity index (χ4n) is 2.99. The topological polar surface area (TPSA) is 79.7 Å². The Kier molecular flexibility index (Phi) is 5.09. The zero-order chi connectivity index (χ0) is 18.7. The lowest BCUT2D eigenvalue weighted by atomic mass is 9.95. The van der Waals surface area contributed by atoms with Crippen LogP contribution in [0.15, 0.2) is 54.4 Å². The molecular weight excluding hydrogens is 339 g/mol. The highest BCUT2D eigenvalue weighted by Crippen LogP contribution is 2.39. The summed E-state index contributed by atoms with van der Waals surface area (Å²) in [4.78, 5) is 30.2. The molecule has 134 valence electrons. The number of aliphatic hydroxyl groups excluding tert-OH is 1. The average molecular weight is 356 g/mol. The van der Waals surface area contributed by atoms with Gasteiger partial charge in [0.05, 0.1) is 18.2 Å². The van der Waals surface area contributed by atoms with Gasteiger partial charge in [-0.1, -0.05) is 18.2 Å². The molecular formula is C19H17FN2O4. The molecule has 2 aromatic rings. The lowest BCUT2D eigenvalue weighted by molar-refractivity contribution is -0.140. The zero-order valence-corrected chi connectivity index (χ0v) is 14.1. The van der Waals surface area contributed by atoms with Crippen LogP contribution in [0.2, 0.25) is 0 Å². The molecule has 0 aliphatic carbocycles. The Hall–Kier alpha value is -3.06. The first-order valence-electron chi connectivity index (χ1n) is 7.98. The van der Waals surface area contributed by atoms with Crippen LogP contribution >= 0.6 is 0 Å². The molecule has 0 spiro atoms. The highest BCUT2D eigenvalue weighted by molar-refractivity contribution is 6.46. The monoisotopic (exact) mass is 356 g/mol. The number of methoxy groups -OCH3 is 1. The Morgan fingerprint density at radius 3 is 2.58 bits per heavy atom. The third-order valence-electron chi connectivity index (χ3n) is 4.23. The second-order valence-corrected chi connectivity index (χ2v) is 5.74. The molecule has 1 atom stereocenters. The van der Waals surface area contributed by atoms with Crippen molar-refractivity contribution in [1.82, 2.24) is 9.88 Å². The highest BCUT2D eigenvalue weighted by Gasteiger charge is 2.46. The number of halogens is 1. The number of pyridine rings is 1. The van der Waals surface area contributed by atoms with E-state index in [1.165, 1.54) is 54.7 Å². The smallest absolute Gasteiger partial charge is 0.295 e. The van der Waals surface area contributed by atoms with Crippen LogP contribution in [0.25, 0.3) is 5.76 Å². The van der Waals surface area contributed by atoms with E-state index in [-0.39, 0.29) is 30.0 Å². The Bertz CT molecular complexity index is 867. The van der Waals surface area contributed by atoms with Crippen LogP contribution in [0.4, 0.5) is 4.39 Å². The molecule has 0 radical (unpaired) electrons. The van der Waals surface area contributed by atoms with E-state index >= 15 is 0 Å². The van der Waals surface area contributed by atoms with Gasteiger partial charge in [0.15, 0.2) is 0 Å². The quantitative estimate of drug-likeness (QED) is 0.505. The van der Waals surface area contributed by atoms with Crippen molar-refractivity contribution < 1.29 is 23.8 Å². The van der Waals surface area contributed by atoms with Gasteiger partial charge in [-0.25, -0.2) is 4.39 Å². The summed E-state index contributed by atoms with van der Waals surface area (Å²) in [5.74, 6) is -2.59. The number of benzene rings is 1. The molecule has 1 aliphatic heterocycles. The van der Waals surface area contributed by atoms with E-state index in [0.29, 0.717) is 5.56 Å². The van der Waals surface area contributed by atoms with E-state index in [0.717, 1.165) is 0 Å². The van der Waals surface area contributed by atoms with Crippen LogP contribution in [-0.2, 0) is 14.3 Å². The van der Waals surface area contributed by atoms with Crippen molar-refractivity contribution >= 4 is 17.4 Å². The number of ketones is 1. The van der Waals surface area contributed by atoms with Gasteiger partial charge in [-0.05, 0) is 18.2 Å². The number of aromatic nitrogens is 1. The number of aliphatic hydroxyl groups is 1. The van der Waals surface area contributed by atoms with Gasteiger partial charge in [-0.3, -0.25) is 14.6 Å². The van der Waals surface area contributed by atoms with E-state index in [1.54, 1.807) is 6.07 Å². The molecule has 1 saturated heterocycles. The summed E-state index contributed by atoms with van der Waals surface area (Å²) in [7, 11) is 1.46. The summed E-state index contributed by atoms with van der Waals surface area (Å²) in [6.07, 6.45) is 2.91. The number of hydrogen-bond acceptors (Lipinski definition) is 5. The highest BCUT2D eigenvalue weighted by atomic mass is 19.1. The van der Waals surface area contributed by atoms with E-state index < -0.39 is 23.5 Å². The van der Waals surface area contributed by atoms with Gasteiger partial charge >= 0.3 is 0 Å². The maximum Gasteiger partial charge on any atom is 0.295 e. The maximum absolute atomic E-state index is 14.4. The van der Waals surface area contributed by atoms with Gasteiger partial charge in [0.2, 0.25) is 0 Å². The first kappa shape index (κ1) is 17.8. The summed E-state index contributed by atoms with van der Waals surface area (Å²) in [6.45, 7) is 0.264. The van der Waals surface area contributed by atoms with Gasteiger partial charge in [-0.2, -0.15) is 0 Å². The van der Waals surface area contributed by atoms with Crippen LogP contribution in [0.1, 0.15) is 17.2 Å². The molecule has 1 aromatic carbocycles. The largest absolute Gasteiger partial charge is 0.507 e. The number of hydrogen-bond donors (Lipinski definition) is 1. The molecule has 1 fully saturated rings. The van der Waals surface area contributed by atoms with E-state index in [9.17, 15) is 19.1 Å². The van der Waals surface area contributed by atoms with Crippen molar-refractivity contribution in [2.75, 3.05) is 20.3 Å². The second-order valence-electron chi connectivity index (χ2n) is 5.74. The van der Waals surface area contributed by atoms with Crippen molar-refractivity contribution in [2.45, 2.75) is 6.04 Å². The summed E-state index contributed by atoms with van der Waals surface area (Å²) >= 11 is 0. The predicted octanol–water partition coefficient (Wildman–Crippen LogP) is 2.29. The molecule has 1 unspecified atom stereocenters. The van der Waals surface area contributed by atoms with Crippen molar-refractivity contribution in [3.63, 3.8) is 0 Å². The van der Waals surface area contributed by atoms with Crippen LogP contribution < -0.4 is 0 Å². The molecule has 0 bridgehead atoms. The molecule has 26 heavy (non-hydrogen) atoms. The van der Waals surface area contributed by atoms with Gasteiger partial charge in [0.25, 0.3) is 11.7 Å². The van der Waals surface area contributed by atoms with E-state index in [1.807, 2.05) is 0 Å². The normalized spacial score (nSPS) is 19.2. The van der Waals surface area contributed by atoms with Crippen LogP contribution in [0.5, 0.6) is 0 Å². The molecule has 7 heteroatoms. The predicted molar refractivity (Wildman–Crippen MR) is 91.5 cm³/mol. The van der Waals surface area contributed by atoms with Crippen molar-refractivity contribution in [3.8, 4) is 0 Å². The van der Waals surface area contributed by atoms with Gasteiger partial charge < -0.3 is 14.7 Å². The summed E-state index contributed by atoms with van der Waals surface area (Å²) < 4.78 is 19.4. The van der Waals surface area contributed by atoms with Gasteiger partial charge in [-0.15, -0.1) is 0 Å². The fourth-order valence-corrected chi connectivity index (χ4v) is 2.99. The van der Waals surface area contributed by atoms with Crippen molar-refractivity contribution in [2.24, 2.45) is 0 Å². The van der Waals surface area contributed by atoms with E-state index in [4.69, 9.17) is 4.74 Å². The lowest BCUT2D eigenvalue weighted by Gasteiger charge is -2.25. The van der Waals surface area contributed by atoms with Gasteiger partial charge in [0.1, 0.15) is 11.6 Å². The Morgan fingerprint density at radius 2 is 1.92 bits per heavy atom. The molecule has 1 aromatic heterocycles. The lowest BCUT2D eigenvalue weighted by Crippen LogP contribution is -2.33. The Morgan fingerprint density at radius 1 is 1.23 bits per heavy atom. The molecule has 1 amide bonds. The third-order valence-corrected chi connectivity index (χ3v) is 4.23. The number of amides is 1. The number of Topliss-reactive ketones (excluding diaryl/α,β-unsaturated/α-hetero) is 1. The Balaban J connectivity index is 2.19. The summed E-state index contributed by atoms with van der Waals surface area (Å²) in [5.41, 5.74) is 0.312. The molecule has 3 rings (SSSR count). The first-order chi connectivity index (χ1) is 12.6. The van der Waals surface area contributed by atoms with Crippen LogP contribution in [0, 0.1) is 5.82 Å². The van der Waals surface area contributed by atoms with Crippen LogP contribution in [0.3, 0.4) is 0 Å². The minimum atomic E-state index is -1.03. The maximum atomic E-state index is 14.4. The van der Waals surface area contributed by atoms with E-state index in [2.05, 4.69) is 4.98 Å². The zero-order valence-electron chi connectivity index (χ0n) is 14.1. The number of rotatable bonds is 5. The van der Waals surface area contributed by atoms with Crippen molar-refractivity contribution in [3.05, 3.63) is 71.3 Å². The fraction of sp³-hybridized carbons (Fsp3) is 0.211. The molecule has 2 heterocycles. The number of likely N-dealkylation sites (tertiary alicyclic amines) is 1. The SMILES string of the molecule is COCCN1C(=O)C(=O)/C(=C(/O)c2ccncc2)C1c1ccccc1F. The summed E-state index contributed by atoms with van der Waals surface area (Å²) in [5, 5.41) is 10.7. The number of nitrogens with zero attached hydrogens (tertiary/aromatic N) is 2.